The Morgan fingerprint density at radius 3 is 2.26 bits per heavy atom. The van der Waals surface area contributed by atoms with E-state index in [1.54, 1.807) is 0 Å². The molecule has 0 saturated heterocycles. The van der Waals surface area contributed by atoms with Crippen molar-refractivity contribution in [3.8, 4) is 22.3 Å². The smallest absolute Gasteiger partial charge is 0.0413 e. The van der Waals surface area contributed by atoms with E-state index in [0.717, 1.165) is 9.50 Å². The molecule has 0 unspecified atom stereocenters. The summed E-state index contributed by atoms with van der Waals surface area (Å²) in [5.41, 5.74) is 4.86. The van der Waals surface area contributed by atoms with Gasteiger partial charge in [0.05, 0.1) is 0 Å². The second kappa shape index (κ2) is 6.79. The third-order valence-corrected chi connectivity index (χ3v) is 6.88. The second-order valence-corrected chi connectivity index (χ2v) is 8.86. The first-order chi connectivity index (χ1) is 13.2. The number of halogens is 2. The van der Waals surface area contributed by atoms with Gasteiger partial charge in [0.2, 0.25) is 0 Å². The zero-order valence-electron chi connectivity index (χ0n) is 14.2. The third-order valence-electron chi connectivity index (χ3n) is 4.82. The fraction of sp³-hybridized carbons (Fsp3) is 0. The van der Waals surface area contributed by atoms with E-state index in [-0.39, 0.29) is 0 Å². The zero-order valence-corrected chi connectivity index (χ0v) is 17.4. The van der Waals surface area contributed by atoms with Gasteiger partial charge in [0.25, 0.3) is 0 Å². The molecule has 0 radical (unpaired) electrons. The lowest BCUT2D eigenvalue weighted by Crippen LogP contribution is -1.83. The van der Waals surface area contributed by atoms with Crippen molar-refractivity contribution < 1.29 is 0 Å². The van der Waals surface area contributed by atoms with Crippen LogP contribution in [-0.4, -0.2) is 0 Å². The van der Waals surface area contributed by atoms with Gasteiger partial charge in [-0.15, -0.1) is 11.3 Å². The van der Waals surface area contributed by atoms with Crippen LogP contribution in [0.4, 0.5) is 0 Å². The Hall–Kier alpha value is -2.13. The minimum absolute atomic E-state index is 0.777. The SMILES string of the molecule is Clc1ccc2sc3cccc(-c4cccc(-c5ccccc5Br)c4)c3c2c1. The van der Waals surface area contributed by atoms with Gasteiger partial charge in [-0.05, 0) is 58.7 Å². The van der Waals surface area contributed by atoms with E-state index in [1.165, 1.54) is 42.4 Å². The summed E-state index contributed by atoms with van der Waals surface area (Å²) in [5, 5.41) is 3.28. The minimum Gasteiger partial charge on any atom is -0.135 e. The van der Waals surface area contributed by atoms with Gasteiger partial charge in [-0.3, -0.25) is 0 Å². The highest BCUT2D eigenvalue weighted by Crippen LogP contribution is 2.41. The molecule has 0 N–H and O–H groups in total. The highest BCUT2D eigenvalue weighted by atomic mass is 79.9. The van der Waals surface area contributed by atoms with Gasteiger partial charge < -0.3 is 0 Å². The first-order valence-corrected chi connectivity index (χ1v) is 10.7. The van der Waals surface area contributed by atoms with E-state index >= 15 is 0 Å². The van der Waals surface area contributed by atoms with Crippen LogP contribution in [0.1, 0.15) is 0 Å². The second-order valence-electron chi connectivity index (χ2n) is 6.48. The molecule has 0 aliphatic rings. The predicted molar refractivity (Wildman–Crippen MR) is 123 cm³/mol. The van der Waals surface area contributed by atoms with Crippen LogP contribution in [0.5, 0.6) is 0 Å². The topological polar surface area (TPSA) is 0 Å². The van der Waals surface area contributed by atoms with E-state index in [4.69, 9.17) is 11.6 Å². The molecule has 1 heterocycles. The fourth-order valence-corrected chi connectivity index (χ4v) is 5.39. The average Bonchev–Trinajstić information content (AvgIpc) is 3.06. The maximum atomic E-state index is 6.30. The molecule has 0 nitrogen and oxygen atoms in total. The number of fused-ring (bicyclic) bond motifs is 3. The molecular formula is C24H14BrClS. The summed E-state index contributed by atoms with van der Waals surface area (Å²) in [6.45, 7) is 0. The Morgan fingerprint density at radius 2 is 1.41 bits per heavy atom. The quantitative estimate of drug-likeness (QED) is 0.252. The molecule has 0 aliphatic heterocycles. The summed E-state index contributed by atoms with van der Waals surface area (Å²) >= 11 is 11.8. The van der Waals surface area contributed by atoms with Crippen molar-refractivity contribution in [3.05, 3.63) is 94.4 Å². The van der Waals surface area contributed by atoms with Gasteiger partial charge in [0.1, 0.15) is 0 Å². The molecule has 0 spiro atoms. The minimum atomic E-state index is 0.777. The van der Waals surface area contributed by atoms with Crippen LogP contribution in [0.25, 0.3) is 42.4 Å². The van der Waals surface area contributed by atoms with Crippen molar-refractivity contribution in [2.24, 2.45) is 0 Å². The monoisotopic (exact) mass is 448 g/mol. The summed E-state index contributed by atoms with van der Waals surface area (Å²) in [7, 11) is 0. The van der Waals surface area contributed by atoms with Gasteiger partial charge in [-0.1, -0.05) is 76.1 Å². The van der Waals surface area contributed by atoms with E-state index in [9.17, 15) is 0 Å². The molecule has 0 atom stereocenters. The first kappa shape index (κ1) is 17.0. The lowest BCUT2D eigenvalue weighted by molar-refractivity contribution is 1.58. The summed E-state index contributed by atoms with van der Waals surface area (Å²) in [6, 6.07) is 29.8. The average molecular weight is 450 g/mol. The van der Waals surface area contributed by atoms with Crippen molar-refractivity contribution in [2.75, 3.05) is 0 Å². The van der Waals surface area contributed by atoms with Crippen LogP contribution in [0, 0.1) is 0 Å². The largest absolute Gasteiger partial charge is 0.135 e. The van der Waals surface area contributed by atoms with Crippen molar-refractivity contribution in [3.63, 3.8) is 0 Å². The molecule has 5 aromatic rings. The molecular weight excluding hydrogens is 436 g/mol. The molecule has 0 saturated carbocycles. The molecule has 0 amide bonds. The number of rotatable bonds is 2. The van der Waals surface area contributed by atoms with Crippen molar-refractivity contribution in [1.82, 2.24) is 0 Å². The Balaban J connectivity index is 1.77. The van der Waals surface area contributed by atoms with Gasteiger partial charge >= 0.3 is 0 Å². The summed E-state index contributed by atoms with van der Waals surface area (Å²) in [6.07, 6.45) is 0. The van der Waals surface area contributed by atoms with Crippen LogP contribution in [0.3, 0.4) is 0 Å². The molecule has 5 rings (SSSR count). The Labute approximate surface area is 175 Å². The normalized spacial score (nSPS) is 11.3. The molecule has 1 aromatic heterocycles. The summed E-state index contributed by atoms with van der Waals surface area (Å²) in [4.78, 5) is 0. The lowest BCUT2D eigenvalue weighted by atomic mass is 9.96. The van der Waals surface area contributed by atoms with Crippen molar-refractivity contribution in [2.45, 2.75) is 0 Å². The van der Waals surface area contributed by atoms with Crippen LogP contribution >= 0.6 is 38.9 Å². The van der Waals surface area contributed by atoms with E-state index < -0.39 is 0 Å². The number of thiophene rings is 1. The lowest BCUT2D eigenvalue weighted by Gasteiger charge is -2.09. The first-order valence-electron chi connectivity index (χ1n) is 8.67. The van der Waals surface area contributed by atoms with E-state index in [0.29, 0.717) is 0 Å². The van der Waals surface area contributed by atoms with Gasteiger partial charge in [-0.2, -0.15) is 0 Å². The molecule has 0 fully saturated rings. The number of hydrogen-bond acceptors (Lipinski definition) is 1. The highest BCUT2D eigenvalue weighted by molar-refractivity contribution is 9.10. The maximum Gasteiger partial charge on any atom is 0.0413 e. The Bertz CT molecular complexity index is 1300. The Kier molecular flexibility index (Phi) is 4.28. The van der Waals surface area contributed by atoms with Gasteiger partial charge in [0, 0.05) is 29.7 Å². The van der Waals surface area contributed by atoms with E-state index in [1.807, 2.05) is 23.5 Å². The van der Waals surface area contributed by atoms with Gasteiger partial charge in [0.15, 0.2) is 0 Å². The molecule has 0 bridgehead atoms. The summed E-state index contributed by atoms with van der Waals surface area (Å²) in [5.74, 6) is 0. The standard InChI is InChI=1S/C24H14BrClS/c25-21-9-2-1-7-18(21)15-5-3-6-16(13-15)19-8-4-10-23-24(19)20-14-17(26)11-12-22(20)27-23/h1-14H. The predicted octanol–water partition coefficient (Wildman–Crippen LogP) is 8.80. The Morgan fingerprint density at radius 1 is 0.667 bits per heavy atom. The zero-order chi connectivity index (χ0) is 18.4. The van der Waals surface area contributed by atoms with Crippen LogP contribution in [-0.2, 0) is 0 Å². The van der Waals surface area contributed by atoms with Crippen LogP contribution < -0.4 is 0 Å². The molecule has 130 valence electrons. The fourth-order valence-electron chi connectivity index (χ4n) is 3.59. The van der Waals surface area contributed by atoms with Crippen molar-refractivity contribution in [1.29, 1.82) is 0 Å². The van der Waals surface area contributed by atoms with Gasteiger partial charge in [-0.25, -0.2) is 0 Å². The third kappa shape index (κ3) is 2.98. The van der Waals surface area contributed by atoms with Crippen LogP contribution in [0.15, 0.2) is 89.4 Å². The molecule has 3 heteroatoms. The summed E-state index contributed by atoms with van der Waals surface area (Å²) < 4.78 is 3.66. The number of hydrogen-bond donors (Lipinski definition) is 0. The molecule has 0 aliphatic carbocycles. The highest BCUT2D eigenvalue weighted by Gasteiger charge is 2.12. The van der Waals surface area contributed by atoms with E-state index in [2.05, 4.69) is 88.7 Å². The maximum absolute atomic E-state index is 6.30. The molecule has 27 heavy (non-hydrogen) atoms. The molecule has 4 aromatic carbocycles. The number of benzene rings is 4. The van der Waals surface area contributed by atoms with Crippen molar-refractivity contribution >= 4 is 59.0 Å². The van der Waals surface area contributed by atoms with Crippen LogP contribution in [0.2, 0.25) is 5.02 Å².